The molecule has 0 radical (unpaired) electrons. The van der Waals surface area contributed by atoms with Gasteiger partial charge in [0.25, 0.3) is 5.91 Å². The molecule has 8 heteroatoms. The second kappa shape index (κ2) is 7.70. The maximum atomic E-state index is 12.4. The molecule has 3 aromatic rings. The van der Waals surface area contributed by atoms with Crippen LogP contribution in [0.5, 0.6) is 0 Å². The number of hydrazone groups is 1. The Morgan fingerprint density at radius 2 is 2.00 bits per heavy atom. The van der Waals surface area contributed by atoms with E-state index in [0.29, 0.717) is 16.5 Å². The molecule has 0 bridgehead atoms. The van der Waals surface area contributed by atoms with Crippen molar-refractivity contribution in [1.82, 2.24) is 21.3 Å². The molecule has 2 atom stereocenters. The molecule has 138 valence electrons. The van der Waals surface area contributed by atoms with Gasteiger partial charge in [0.1, 0.15) is 6.04 Å². The molecule has 2 heterocycles. The first-order chi connectivity index (χ1) is 13.1. The van der Waals surface area contributed by atoms with Crippen molar-refractivity contribution >= 4 is 46.2 Å². The Labute approximate surface area is 165 Å². The van der Waals surface area contributed by atoms with Crippen molar-refractivity contribution < 1.29 is 4.79 Å². The van der Waals surface area contributed by atoms with Crippen molar-refractivity contribution in [3.8, 4) is 0 Å². The number of H-pyrrole nitrogens is 1. The van der Waals surface area contributed by atoms with E-state index in [-0.39, 0.29) is 11.9 Å². The van der Waals surface area contributed by atoms with Crippen LogP contribution in [0.2, 0.25) is 10.0 Å². The largest absolute Gasteiger partial charge is 0.361 e. The summed E-state index contributed by atoms with van der Waals surface area (Å²) in [5.41, 5.74) is 11.6. The molecule has 27 heavy (non-hydrogen) atoms. The van der Waals surface area contributed by atoms with Crippen LogP contribution < -0.4 is 16.3 Å². The van der Waals surface area contributed by atoms with Gasteiger partial charge in [-0.05, 0) is 30.2 Å². The van der Waals surface area contributed by atoms with E-state index >= 15 is 0 Å². The summed E-state index contributed by atoms with van der Waals surface area (Å²) >= 11 is 12.0. The molecule has 1 aliphatic heterocycles. The Morgan fingerprint density at radius 3 is 2.85 bits per heavy atom. The fourth-order valence-electron chi connectivity index (χ4n) is 3.12. The van der Waals surface area contributed by atoms with Crippen molar-refractivity contribution in [3.63, 3.8) is 0 Å². The molecule has 4 N–H and O–H groups in total. The number of carbonyl (C=O) groups is 1. The molecule has 2 aromatic carbocycles. The van der Waals surface area contributed by atoms with Crippen LogP contribution >= 0.6 is 23.2 Å². The number of hydrogen-bond acceptors (Lipinski definition) is 4. The maximum Gasteiger partial charge on any atom is 0.258 e. The summed E-state index contributed by atoms with van der Waals surface area (Å²) in [4.78, 5) is 15.5. The SMILES string of the molecule is O=C(N/N=C/c1c[nH]c2ccccc12)C1CC(c2ccc(Cl)c(Cl)c2)NN1. The van der Waals surface area contributed by atoms with E-state index in [9.17, 15) is 4.79 Å². The van der Waals surface area contributed by atoms with E-state index in [0.717, 1.165) is 22.0 Å². The van der Waals surface area contributed by atoms with Gasteiger partial charge < -0.3 is 4.98 Å². The molecule has 6 nitrogen and oxygen atoms in total. The van der Waals surface area contributed by atoms with Crippen molar-refractivity contribution in [2.45, 2.75) is 18.5 Å². The highest BCUT2D eigenvalue weighted by Gasteiger charge is 2.30. The number of hydrazine groups is 1. The summed E-state index contributed by atoms with van der Waals surface area (Å²) in [6.45, 7) is 0. The van der Waals surface area contributed by atoms with Gasteiger partial charge in [0, 0.05) is 28.7 Å². The molecular weight excluding hydrogens is 385 g/mol. The van der Waals surface area contributed by atoms with Gasteiger partial charge in [0.05, 0.1) is 16.3 Å². The fourth-order valence-corrected chi connectivity index (χ4v) is 3.43. The van der Waals surface area contributed by atoms with E-state index in [2.05, 4.69) is 26.4 Å². The topological polar surface area (TPSA) is 81.3 Å². The smallest absolute Gasteiger partial charge is 0.258 e. The number of para-hydroxylation sites is 1. The molecule has 1 fully saturated rings. The standard InChI is InChI=1S/C19H17Cl2N5O/c20-14-6-5-11(7-15(14)21)17-8-18(25-24-17)19(27)26-23-10-12-9-22-16-4-2-1-3-13(12)16/h1-7,9-10,17-18,22,24-25H,8H2,(H,26,27)/b23-10+. The summed E-state index contributed by atoms with van der Waals surface area (Å²) in [5.74, 6) is -0.207. The fraction of sp³-hybridized carbons (Fsp3) is 0.158. The van der Waals surface area contributed by atoms with Gasteiger partial charge in [-0.25, -0.2) is 16.3 Å². The predicted molar refractivity (Wildman–Crippen MR) is 108 cm³/mol. The number of halogens is 2. The van der Waals surface area contributed by atoms with E-state index in [4.69, 9.17) is 23.2 Å². The summed E-state index contributed by atoms with van der Waals surface area (Å²) in [6.07, 6.45) is 4.07. The number of aromatic nitrogens is 1. The molecule has 1 amide bonds. The van der Waals surface area contributed by atoms with E-state index in [1.807, 2.05) is 36.5 Å². The quantitative estimate of drug-likeness (QED) is 0.398. The molecule has 1 aromatic heterocycles. The normalized spacial score (nSPS) is 19.8. The van der Waals surface area contributed by atoms with Crippen LogP contribution in [-0.2, 0) is 4.79 Å². The average Bonchev–Trinajstić information content (AvgIpc) is 3.32. The second-order valence-electron chi connectivity index (χ2n) is 6.33. The molecule has 1 saturated heterocycles. The first-order valence-electron chi connectivity index (χ1n) is 8.47. The van der Waals surface area contributed by atoms with Gasteiger partial charge in [-0.3, -0.25) is 4.79 Å². The summed E-state index contributed by atoms with van der Waals surface area (Å²) in [6, 6.07) is 12.9. The third-order valence-electron chi connectivity index (χ3n) is 4.57. The molecular formula is C19H17Cl2N5O. The first kappa shape index (κ1) is 18.0. The van der Waals surface area contributed by atoms with Crippen LogP contribution in [0.1, 0.15) is 23.6 Å². The molecule has 2 unspecified atom stereocenters. The van der Waals surface area contributed by atoms with E-state index in [1.54, 1.807) is 18.3 Å². The number of amides is 1. The Bertz CT molecular complexity index is 1020. The van der Waals surface area contributed by atoms with Crippen molar-refractivity contribution in [3.05, 3.63) is 69.8 Å². The summed E-state index contributed by atoms with van der Waals surface area (Å²) in [5, 5.41) is 6.13. The Hall–Kier alpha value is -2.38. The van der Waals surface area contributed by atoms with Crippen LogP contribution in [0.3, 0.4) is 0 Å². The Morgan fingerprint density at radius 1 is 1.15 bits per heavy atom. The monoisotopic (exact) mass is 401 g/mol. The second-order valence-corrected chi connectivity index (χ2v) is 7.14. The summed E-state index contributed by atoms with van der Waals surface area (Å²) in [7, 11) is 0. The number of carbonyl (C=O) groups excluding carboxylic acids is 1. The first-order valence-corrected chi connectivity index (χ1v) is 9.22. The van der Waals surface area contributed by atoms with Gasteiger partial charge in [-0.15, -0.1) is 0 Å². The number of benzene rings is 2. The predicted octanol–water partition coefficient (Wildman–Crippen LogP) is 3.53. The zero-order valence-electron chi connectivity index (χ0n) is 14.2. The number of hydrogen-bond donors (Lipinski definition) is 4. The molecule has 1 aliphatic rings. The molecule has 0 aliphatic carbocycles. The lowest BCUT2D eigenvalue weighted by atomic mass is 10.0. The van der Waals surface area contributed by atoms with Crippen LogP contribution in [0.15, 0.2) is 53.8 Å². The lowest BCUT2D eigenvalue weighted by Crippen LogP contribution is -2.41. The number of nitrogens with zero attached hydrogens (tertiary/aromatic N) is 1. The minimum atomic E-state index is -0.399. The zero-order chi connectivity index (χ0) is 18.8. The number of aromatic amines is 1. The molecule has 0 saturated carbocycles. The zero-order valence-corrected chi connectivity index (χ0v) is 15.7. The van der Waals surface area contributed by atoms with Gasteiger partial charge in [0.2, 0.25) is 0 Å². The van der Waals surface area contributed by atoms with E-state index < -0.39 is 6.04 Å². The molecule has 4 rings (SSSR count). The van der Waals surface area contributed by atoms with Crippen molar-refractivity contribution in [1.29, 1.82) is 0 Å². The average molecular weight is 402 g/mol. The molecule has 0 spiro atoms. The Balaban J connectivity index is 1.37. The third-order valence-corrected chi connectivity index (χ3v) is 5.30. The minimum Gasteiger partial charge on any atom is -0.361 e. The van der Waals surface area contributed by atoms with Gasteiger partial charge in [0.15, 0.2) is 0 Å². The third kappa shape index (κ3) is 3.84. The highest BCUT2D eigenvalue weighted by Crippen LogP contribution is 2.29. The van der Waals surface area contributed by atoms with Gasteiger partial charge in [-0.1, -0.05) is 47.5 Å². The number of rotatable bonds is 4. The van der Waals surface area contributed by atoms with Crippen LogP contribution in [0.25, 0.3) is 10.9 Å². The van der Waals surface area contributed by atoms with Crippen LogP contribution in [-0.4, -0.2) is 23.1 Å². The summed E-state index contributed by atoms with van der Waals surface area (Å²) < 4.78 is 0. The minimum absolute atomic E-state index is 0.0342. The lowest BCUT2D eigenvalue weighted by Gasteiger charge is -2.10. The van der Waals surface area contributed by atoms with E-state index in [1.165, 1.54) is 0 Å². The van der Waals surface area contributed by atoms with Crippen LogP contribution in [0.4, 0.5) is 0 Å². The number of nitrogens with one attached hydrogen (secondary N) is 4. The number of fused-ring (bicyclic) bond motifs is 1. The Kier molecular flexibility index (Phi) is 5.13. The van der Waals surface area contributed by atoms with Crippen molar-refractivity contribution in [2.75, 3.05) is 0 Å². The lowest BCUT2D eigenvalue weighted by molar-refractivity contribution is -0.122. The highest BCUT2D eigenvalue weighted by molar-refractivity contribution is 6.42. The van der Waals surface area contributed by atoms with Crippen molar-refractivity contribution in [2.24, 2.45) is 5.10 Å². The van der Waals surface area contributed by atoms with Crippen LogP contribution in [0, 0.1) is 0 Å². The van der Waals surface area contributed by atoms with Gasteiger partial charge in [-0.2, -0.15) is 5.10 Å². The highest BCUT2D eigenvalue weighted by atomic mass is 35.5. The van der Waals surface area contributed by atoms with Gasteiger partial charge >= 0.3 is 0 Å². The maximum absolute atomic E-state index is 12.4.